The number of aliphatic hydroxyl groups is 1. The zero-order valence-electron chi connectivity index (χ0n) is 8.95. The number of aliphatic hydroxyl groups excluding tert-OH is 1. The van der Waals surface area contributed by atoms with Gasteiger partial charge in [0.2, 0.25) is 0 Å². The van der Waals surface area contributed by atoms with Crippen molar-refractivity contribution in [2.24, 2.45) is 0 Å². The van der Waals surface area contributed by atoms with Crippen molar-refractivity contribution in [2.75, 3.05) is 11.4 Å². The summed E-state index contributed by atoms with van der Waals surface area (Å²) in [5.74, 6) is -0.699. The van der Waals surface area contributed by atoms with Gasteiger partial charge in [-0.1, -0.05) is 0 Å². The second-order valence-corrected chi connectivity index (χ2v) is 3.88. The molecule has 2 unspecified atom stereocenters. The summed E-state index contributed by atoms with van der Waals surface area (Å²) < 4.78 is 0. The highest BCUT2D eigenvalue weighted by Crippen LogP contribution is 2.26. The fourth-order valence-electron chi connectivity index (χ4n) is 2.00. The number of hydrogen-bond donors (Lipinski definition) is 2. The van der Waals surface area contributed by atoms with Gasteiger partial charge in [-0.25, -0.2) is 9.78 Å². The van der Waals surface area contributed by atoms with Gasteiger partial charge >= 0.3 is 5.97 Å². The number of pyridine rings is 1. The number of aromatic nitrogens is 1. The highest BCUT2D eigenvalue weighted by Gasteiger charge is 2.37. The Bertz CT molecular complexity index is 483. The van der Waals surface area contributed by atoms with E-state index in [-0.39, 0.29) is 13.0 Å². The lowest BCUT2D eigenvalue weighted by Gasteiger charge is -2.22. The molecule has 2 heterocycles. The number of nitriles is 1. The zero-order valence-corrected chi connectivity index (χ0v) is 8.95. The zero-order chi connectivity index (χ0) is 12.4. The molecule has 1 aliphatic rings. The van der Waals surface area contributed by atoms with Crippen molar-refractivity contribution in [3.63, 3.8) is 0 Å². The maximum atomic E-state index is 11.1. The molecule has 2 atom stereocenters. The second-order valence-electron chi connectivity index (χ2n) is 3.88. The first kappa shape index (κ1) is 11.4. The summed E-state index contributed by atoms with van der Waals surface area (Å²) in [7, 11) is 0. The molecule has 0 aliphatic carbocycles. The van der Waals surface area contributed by atoms with Crippen molar-refractivity contribution in [2.45, 2.75) is 18.6 Å². The minimum Gasteiger partial charge on any atom is -0.480 e. The summed E-state index contributed by atoms with van der Waals surface area (Å²) in [5, 5.41) is 27.5. The van der Waals surface area contributed by atoms with Crippen molar-refractivity contribution in [3.8, 4) is 6.07 Å². The molecule has 0 spiro atoms. The number of nitrogens with zero attached hydrogens (tertiary/aromatic N) is 3. The molecule has 2 rings (SSSR count). The highest BCUT2D eigenvalue weighted by molar-refractivity contribution is 5.79. The van der Waals surface area contributed by atoms with E-state index in [1.165, 1.54) is 11.1 Å². The molecule has 17 heavy (non-hydrogen) atoms. The first-order valence-corrected chi connectivity index (χ1v) is 5.16. The van der Waals surface area contributed by atoms with Gasteiger partial charge in [0.05, 0.1) is 11.7 Å². The van der Waals surface area contributed by atoms with Gasteiger partial charge in [-0.05, 0) is 12.1 Å². The molecule has 0 aromatic carbocycles. The third-order valence-electron chi connectivity index (χ3n) is 2.74. The van der Waals surface area contributed by atoms with Crippen LogP contribution in [0.4, 0.5) is 5.82 Å². The Labute approximate surface area is 97.7 Å². The molecule has 0 radical (unpaired) electrons. The minimum atomic E-state index is -1.02. The Morgan fingerprint density at radius 1 is 1.65 bits per heavy atom. The fourth-order valence-corrected chi connectivity index (χ4v) is 2.00. The predicted molar refractivity (Wildman–Crippen MR) is 58.3 cm³/mol. The van der Waals surface area contributed by atoms with Gasteiger partial charge in [-0.3, -0.25) is 0 Å². The van der Waals surface area contributed by atoms with Crippen molar-refractivity contribution in [3.05, 3.63) is 23.9 Å². The Kier molecular flexibility index (Phi) is 2.93. The number of aliphatic carboxylic acids is 1. The van der Waals surface area contributed by atoms with Gasteiger partial charge in [-0.15, -0.1) is 0 Å². The van der Waals surface area contributed by atoms with Crippen LogP contribution in [0.3, 0.4) is 0 Å². The Balaban J connectivity index is 2.39. The van der Waals surface area contributed by atoms with Crippen molar-refractivity contribution in [1.82, 2.24) is 4.98 Å². The van der Waals surface area contributed by atoms with E-state index in [1.807, 2.05) is 6.07 Å². The number of carbonyl (C=O) groups is 1. The third-order valence-corrected chi connectivity index (χ3v) is 2.74. The molecule has 1 aliphatic heterocycles. The topological polar surface area (TPSA) is 97.5 Å². The lowest BCUT2D eigenvalue weighted by molar-refractivity contribution is -0.138. The van der Waals surface area contributed by atoms with Gasteiger partial charge in [0.1, 0.15) is 17.9 Å². The highest BCUT2D eigenvalue weighted by atomic mass is 16.4. The predicted octanol–water partition coefficient (Wildman–Crippen LogP) is -0.0225. The summed E-state index contributed by atoms with van der Waals surface area (Å²) in [6.07, 6.45) is 0.945. The summed E-state index contributed by atoms with van der Waals surface area (Å²) in [5.41, 5.74) is 0.313. The lowest BCUT2D eigenvalue weighted by atomic mass is 10.2. The molecule has 1 aromatic heterocycles. The van der Waals surface area contributed by atoms with Crippen LogP contribution in [0.25, 0.3) is 0 Å². The summed E-state index contributed by atoms with van der Waals surface area (Å²) in [4.78, 5) is 16.6. The number of hydrogen-bond acceptors (Lipinski definition) is 5. The fraction of sp³-hybridized carbons (Fsp3) is 0.364. The number of carboxylic acid groups (broad SMARTS) is 1. The molecule has 1 aromatic rings. The summed E-state index contributed by atoms with van der Waals surface area (Å²) in [6.45, 7) is 0.183. The van der Waals surface area contributed by atoms with Crippen LogP contribution in [-0.2, 0) is 4.79 Å². The SMILES string of the molecule is N#Cc1cccnc1N1CC(O)CC1C(=O)O. The first-order chi connectivity index (χ1) is 8.13. The number of β-amino-alcohol motifs (C(OH)–C–C–N with tert-alkyl or cyclic N) is 1. The van der Waals surface area contributed by atoms with Crippen LogP contribution in [0.5, 0.6) is 0 Å². The maximum absolute atomic E-state index is 11.1. The van der Waals surface area contributed by atoms with Crippen LogP contribution in [-0.4, -0.2) is 39.9 Å². The Hall–Kier alpha value is -2.13. The Morgan fingerprint density at radius 3 is 3.06 bits per heavy atom. The van der Waals surface area contributed by atoms with Gasteiger partial charge in [0.25, 0.3) is 0 Å². The molecule has 6 nitrogen and oxygen atoms in total. The number of rotatable bonds is 2. The van der Waals surface area contributed by atoms with E-state index in [1.54, 1.807) is 12.1 Å². The second kappa shape index (κ2) is 4.39. The molecule has 0 bridgehead atoms. The smallest absolute Gasteiger partial charge is 0.326 e. The Morgan fingerprint density at radius 2 is 2.41 bits per heavy atom. The van der Waals surface area contributed by atoms with Crippen molar-refractivity contribution < 1.29 is 15.0 Å². The van der Waals surface area contributed by atoms with E-state index in [0.29, 0.717) is 11.4 Å². The maximum Gasteiger partial charge on any atom is 0.326 e. The average molecular weight is 233 g/mol. The van der Waals surface area contributed by atoms with E-state index in [0.717, 1.165) is 0 Å². The van der Waals surface area contributed by atoms with E-state index in [2.05, 4.69) is 4.98 Å². The molecule has 0 amide bonds. The summed E-state index contributed by atoms with van der Waals surface area (Å²) >= 11 is 0. The quantitative estimate of drug-likeness (QED) is 0.744. The van der Waals surface area contributed by atoms with Crippen LogP contribution >= 0.6 is 0 Å². The van der Waals surface area contributed by atoms with Crippen LogP contribution in [0.2, 0.25) is 0 Å². The largest absolute Gasteiger partial charge is 0.480 e. The van der Waals surface area contributed by atoms with Crippen molar-refractivity contribution in [1.29, 1.82) is 5.26 Å². The van der Waals surface area contributed by atoms with E-state index in [4.69, 9.17) is 10.4 Å². The minimum absolute atomic E-state index is 0.150. The summed E-state index contributed by atoms with van der Waals surface area (Å²) in [6, 6.07) is 4.33. The monoisotopic (exact) mass is 233 g/mol. The number of anilines is 1. The van der Waals surface area contributed by atoms with Gasteiger partial charge < -0.3 is 15.1 Å². The molecule has 6 heteroatoms. The van der Waals surface area contributed by atoms with E-state index in [9.17, 15) is 9.90 Å². The van der Waals surface area contributed by atoms with Crippen LogP contribution in [0.15, 0.2) is 18.3 Å². The van der Waals surface area contributed by atoms with Gasteiger partial charge in [0.15, 0.2) is 0 Å². The first-order valence-electron chi connectivity index (χ1n) is 5.16. The molecule has 1 saturated heterocycles. The van der Waals surface area contributed by atoms with Crippen LogP contribution < -0.4 is 4.90 Å². The third kappa shape index (κ3) is 2.05. The van der Waals surface area contributed by atoms with Gasteiger partial charge in [-0.2, -0.15) is 5.26 Å². The molecular formula is C11H11N3O3. The number of carboxylic acids is 1. The molecule has 2 N–H and O–H groups in total. The molecule has 0 saturated carbocycles. The lowest BCUT2D eigenvalue weighted by Crippen LogP contribution is -2.37. The standard InChI is InChI=1S/C11H11N3O3/c12-5-7-2-1-3-13-10(7)14-6-8(15)4-9(14)11(16)17/h1-3,8-9,15H,4,6H2,(H,16,17). The molecular weight excluding hydrogens is 222 g/mol. The average Bonchev–Trinajstić information content (AvgIpc) is 2.71. The normalized spacial score (nSPS) is 23.4. The van der Waals surface area contributed by atoms with Gasteiger partial charge in [0, 0.05) is 19.2 Å². The molecule has 88 valence electrons. The van der Waals surface area contributed by atoms with E-state index < -0.39 is 18.1 Å². The van der Waals surface area contributed by atoms with Crippen LogP contribution in [0.1, 0.15) is 12.0 Å². The van der Waals surface area contributed by atoms with Crippen molar-refractivity contribution >= 4 is 11.8 Å². The van der Waals surface area contributed by atoms with E-state index >= 15 is 0 Å². The van der Waals surface area contributed by atoms with Crippen LogP contribution in [0, 0.1) is 11.3 Å². The molecule has 1 fully saturated rings.